The standard InChI is InChI=1S/C26H22ClN5O2/c1-15-10-11-21-22(12-15)31(14-18-7-5-8-19(27)13-18)26(34)24-29-23(30-32(21)24)25(33)28-20-9-4-6-16(2)17(20)3/h4-13H,14H2,1-3H3,(H,28,33). The molecular weight excluding hydrogens is 450 g/mol. The zero-order chi connectivity index (χ0) is 24.0. The fraction of sp³-hybridized carbons (Fsp3) is 0.154. The minimum Gasteiger partial charge on any atom is -0.319 e. The van der Waals surface area contributed by atoms with E-state index in [-0.39, 0.29) is 17.0 Å². The van der Waals surface area contributed by atoms with Crippen LogP contribution in [0.25, 0.3) is 16.7 Å². The number of hydrogen-bond acceptors (Lipinski definition) is 4. The topological polar surface area (TPSA) is 81.3 Å². The molecule has 0 radical (unpaired) electrons. The highest BCUT2D eigenvalue weighted by Crippen LogP contribution is 2.20. The molecular formula is C26H22ClN5O2. The Morgan fingerprint density at radius 2 is 1.79 bits per heavy atom. The molecule has 5 aromatic rings. The Balaban J connectivity index is 1.65. The minimum absolute atomic E-state index is 0.0691. The zero-order valence-electron chi connectivity index (χ0n) is 19.0. The smallest absolute Gasteiger partial charge is 0.296 e. The van der Waals surface area contributed by atoms with Crippen LogP contribution in [0.15, 0.2) is 65.5 Å². The van der Waals surface area contributed by atoms with Gasteiger partial charge in [0.05, 0.1) is 17.6 Å². The summed E-state index contributed by atoms with van der Waals surface area (Å²) >= 11 is 6.16. The predicted octanol–water partition coefficient (Wildman–Crippen LogP) is 4.92. The second-order valence-electron chi connectivity index (χ2n) is 8.39. The Morgan fingerprint density at radius 1 is 1.00 bits per heavy atom. The van der Waals surface area contributed by atoms with Crippen LogP contribution in [0.5, 0.6) is 0 Å². The van der Waals surface area contributed by atoms with Crippen LogP contribution in [0.4, 0.5) is 5.69 Å². The maximum atomic E-state index is 13.5. The van der Waals surface area contributed by atoms with Gasteiger partial charge in [0.15, 0.2) is 0 Å². The van der Waals surface area contributed by atoms with Crippen molar-refractivity contribution in [2.24, 2.45) is 0 Å². The third kappa shape index (κ3) is 3.84. The van der Waals surface area contributed by atoms with Gasteiger partial charge in [-0.3, -0.25) is 14.2 Å². The number of amides is 1. The normalized spacial score (nSPS) is 11.3. The number of aryl methyl sites for hydroxylation is 2. The van der Waals surface area contributed by atoms with Gasteiger partial charge in [0.2, 0.25) is 11.5 Å². The van der Waals surface area contributed by atoms with Gasteiger partial charge < -0.3 is 5.32 Å². The van der Waals surface area contributed by atoms with Crippen molar-refractivity contribution in [2.45, 2.75) is 27.3 Å². The number of carbonyl (C=O) groups excluding carboxylic acids is 1. The number of carbonyl (C=O) groups is 1. The molecule has 0 saturated carbocycles. The molecule has 0 aliphatic rings. The summed E-state index contributed by atoms with van der Waals surface area (Å²) < 4.78 is 3.09. The lowest BCUT2D eigenvalue weighted by Gasteiger charge is -2.12. The summed E-state index contributed by atoms with van der Waals surface area (Å²) in [5, 5.41) is 7.86. The highest BCUT2D eigenvalue weighted by atomic mass is 35.5. The molecule has 0 spiro atoms. The van der Waals surface area contributed by atoms with E-state index in [1.54, 1.807) is 10.6 Å². The van der Waals surface area contributed by atoms with E-state index in [2.05, 4.69) is 15.4 Å². The number of anilines is 1. The molecule has 0 atom stereocenters. The van der Waals surface area contributed by atoms with Gasteiger partial charge in [-0.05, 0) is 73.4 Å². The highest BCUT2D eigenvalue weighted by molar-refractivity contribution is 6.30. The van der Waals surface area contributed by atoms with Crippen LogP contribution in [-0.4, -0.2) is 25.1 Å². The molecule has 1 amide bonds. The third-order valence-electron chi connectivity index (χ3n) is 5.98. The number of rotatable bonds is 4. The molecule has 8 heteroatoms. The fourth-order valence-electron chi connectivity index (χ4n) is 4.01. The van der Waals surface area contributed by atoms with Crippen molar-refractivity contribution in [3.63, 3.8) is 0 Å². The first-order valence-electron chi connectivity index (χ1n) is 10.8. The number of benzene rings is 3. The lowest BCUT2D eigenvalue weighted by molar-refractivity contribution is 0.101. The monoisotopic (exact) mass is 471 g/mol. The van der Waals surface area contributed by atoms with Crippen LogP contribution in [0.1, 0.15) is 32.9 Å². The summed E-state index contributed by atoms with van der Waals surface area (Å²) in [5.41, 5.74) is 5.72. The Labute approximate surface area is 200 Å². The minimum atomic E-state index is -0.474. The SMILES string of the molecule is Cc1ccc2c(c1)n(Cc1cccc(Cl)c1)c(=O)c1nc(C(=O)Nc3cccc(C)c3C)nn12. The zero-order valence-corrected chi connectivity index (χ0v) is 19.7. The van der Waals surface area contributed by atoms with Crippen LogP contribution < -0.4 is 10.9 Å². The van der Waals surface area contributed by atoms with Crippen molar-refractivity contribution < 1.29 is 4.79 Å². The molecule has 7 nitrogen and oxygen atoms in total. The molecule has 1 N–H and O–H groups in total. The van der Waals surface area contributed by atoms with E-state index >= 15 is 0 Å². The van der Waals surface area contributed by atoms with Crippen molar-refractivity contribution in [3.8, 4) is 0 Å². The molecule has 3 aromatic carbocycles. The summed E-state index contributed by atoms with van der Waals surface area (Å²) in [5.74, 6) is -0.543. The van der Waals surface area contributed by atoms with Crippen molar-refractivity contribution in [1.82, 2.24) is 19.2 Å². The summed E-state index contributed by atoms with van der Waals surface area (Å²) in [4.78, 5) is 30.8. The van der Waals surface area contributed by atoms with E-state index in [1.165, 1.54) is 4.52 Å². The van der Waals surface area contributed by atoms with Crippen LogP contribution >= 0.6 is 11.6 Å². The van der Waals surface area contributed by atoms with Crippen LogP contribution in [0.2, 0.25) is 5.02 Å². The first kappa shape index (κ1) is 21.9. The predicted molar refractivity (Wildman–Crippen MR) is 134 cm³/mol. The molecule has 34 heavy (non-hydrogen) atoms. The van der Waals surface area contributed by atoms with Crippen LogP contribution in [0.3, 0.4) is 0 Å². The van der Waals surface area contributed by atoms with Crippen LogP contribution in [-0.2, 0) is 6.54 Å². The lowest BCUT2D eigenvalue weighted by Crippen LogP contribution is -2.24. The quantitative estimate of drug-likeness (QED) is 0.403. The largest absolute Gasteiger partial charge is 0.319 e. The molecule has 0 aliphatic carbocycles. The lowest BCUT2D eigenvalue weighted by atomic mass is 10.1. The van der Waals surface area contributed by atoms with Crippen molar-refractivity contribution in [1.29, 1.82) is 0 Å². The van der Waals surface area contributed by atoms with Gasteiger partial charge in [0, 0.05) is 10.7 Å². The number of nitrogens with zero attached hydrogens (tertiary/aromatic N) is 4. The van der Waals surface area contributed by atoms with Gasteiger partial charge in [-0.15, -0.1) is 5.10 Å². The summed E-state index contributed by atoms with van der Waals surface area (Å²) in [6, 6.07) is 18.8. The molecule has 0 fully saturated rings. The van der Waals surface area contributed by atoms with Crippen molar-refractivity contribution >= 4 is 39.9 Å². The third-order valence-corrected chi connectivity index (χ3v) is 6.21. The molecule has 0 saturated heterocycles. The maximum Gasteiger partial charge on any atom is 0.296 e. The van der Waals surface area contributed by atoms with E-state index < -0.39 is 5.91 Å². The van der Waals surface area contributed by atoms with Gasteiger partial charge in [-0.25, -0.2) is 4.52 Å². The Hall–Kier alpha value is -3.97. The van der Waals surface area contributed by atoms with Gasteiger partial charge in [0.25, 0.3) is 11.5 Å². The number of aromatic nitrogens is 4. The number of hydrogen-bond donors (Lipinski definition) is 1. The van der Waals surface area contributed by atoms with E-state index in [1.807, 2.05) is 75.4 Å². The van der Waals surface area contributed by atoms with Crippen LogP contribution in [0, 0.1) is 20.8 Å². The number of nitrogens with one attached hydrogen (secondary N) is 1. The molecule has 0 unspecified atom stereocenters. The average Bonchev–Trinajstić information content (AvgIpc) is 3.26. The first-order valence-corrected chi connectivity index (χ1v) is 11.2. The van der Waals surface area contributed by atoms with Gasteiger partial charge >= 0.3 is 0 Å². The number of halogens is 1. The van der Waals surface area contributed by atoms with Gasteiger partial charge in [0.1, 0.15) is 0 Å². The Morgan fingerprint density at radius 3 is 2.59 bits per heavy atom. The van der Waals surface area contributed by atoms with E-state index in [9.17, 15) is 9.59 Å². The molecule has 2 heterocycles. The van der Waals surface area contributed by atoms with E-state index in [0.717, 1.165) is 22.3 Å². The van der Waals surface area contributed by atoms with E-state index in [0.29, 0.717) is 28.3 Å². The maximum absolute atomic E-state index is 13.5. The molecule has 0 aliphatic heterocycles. The average molecular weight is 472 g/mol. The summed E-state index contributed by atoms with van der Waals surface area (Å²) in [7, 11) is 0. The molecule has 2 aromatic heterocycles. The van der Waals surface area contributed by atoms with Gasteiger partial charge in [-0.1, -0.05) is 41.9 Å². The summed E-state index contributed by atoms with van der Waals surface area (Å²) in [6.45, 7) is 6.19. The summed E-state index contributed by atoms with van der Waals surface area (Å²) in [6.07, 6.45) is 0. The molecule has 170 valence electrons. The highest BCUT2D eigenvalue weighted by Gasteiger charge is 2.20. The first-order chi connectivity index (χ1) is 16.3. The molecule has 5 rings (SSSR count). The van der Waals surface area contributed by atoms with Crippen molar-refractivity contribution in [3.05, 3.63) is 104 Å². The second kappa shape index (κ2) is 8.43. The van der Waals surface area contributed by atoms with Gasteiger partial charge in [-0.2, -0.15) is 4.98 Å². The Bertz CT molecular complexity index is 1650. The number of fused-ring (bicyclic) bond motifs is 3. The van der Waals surface area contributed by atoms with E-state index in [4.69, 9.17) is 11.6 Å². The van der Waals surface area contributed by atoms with Crippen molar-refractivity contribution in [2.75, 3.05) is 5.32 Å². The molecule has 0 bridgehead atoms. The second-order valence-corrected chi connectivity index (χ2v) is 8.82. The Kier molecular flexibility index (Phi) is 5.42. The fourth-order valence-corrected chi connectivity index (χ4v) is 4.23.